The van der Waals surface area contributed by atoms with Crippen molar-refractivity contribution >= 4 is 11.9 Å². The number of esters is 2. The van der Waals surface area contributed by atoms with E-state index in [9.17, 15) is 14.7 Å². The number of ether oxygens (including phenoxy) is 6. The Bertz CT molecular complexity index is 1370. The molecule has 2 bridgehead atoms. The first-order valence-electron chi connectivity index (χ1n) is 15.6. The number of allylic oxidation sites excluding steroid dienone is 1. The maximum atomic E-state index is 12.9. The van der Waals surface area contributed by atoms with Crippen molar-refractivity contribution in [1.29, 1.82) is 0 Å². The van der Waals surface area contributed by atoms with Crippen LogP contribution in [-0.2, 0) is 51.2 Å². The summed E-state index contributed by atoms with van der Waals surface area (Å²) in [7, 11) is 0. The highest BCUT2D eigenvalue weighted by Crippen LogP contribution is 2.69. The molecule has 244 valence electrons. The molecule has 0 radical (unpaired) electrons. The first-order chi connectivity index (χ1) is 21.2. The summed E-state index contributed by atoms with van der Waals surface area (Å²) < 4.78 is 39.5. The minimum Gasteiger partial charge on any atom is -0.492 e. The number of aliphatic hydroxyl groups is 1. The van der Waals surface area contributed by atoms with Gasteiger partial charge in [0.25, 0.3) is 0 Å². The Balaban J connectivity index is 1.77. The van der Waals surface area contributed by atoms with Crippen LogP contribution < -0.4 is 0 Å². The largest absolute Gasteiger partial charge is 0.492 e. The number of carbonyl (C=O) groups is 2. The Morgan fingerprint density at radius 1 is 0.867 bits per heavy atom. The molecule has 2 aromatic carbocycles. The molecule has 1 saturated heterocycles. The van der Waals surface area contributed by atoms with Gasteiger partial charge in [0.2, 0.25) is 0 Å². The van der Waals surface area contributed by atoms with Crippen molar-refractivity contribution in [2.24, 2.45) is 11.3 Å². The van der Waals surface area contributed by atoms with Gasteiger partial charge in [-0.05, 0) is 51.7 Å². The number of fused-ring (bicyclic) bond motifs is 1. The summed E-state index contributed by atoms with van der Waals surface area (Å²) in [6.07, 6.45) is -2.72. The second kappa shape index (κ2) is 12.5. The summed E-state index contributed by atoms with van der Waals surface area (Å²) in [6.45, 7) is 14.2. The molecule has 45 heavy (non-hydrogen) atoms. The van der Waals surface area contributed by atoms with E-state index in [1.807, 2.05) is 74.5 Å². The summed E-state index contributed by atoms with van der Waals surface area (Å²) in [5.74, 6) is -1.22. The zero-order valence-corrected chi connectivity index (χ0v) is 27.1. The Morgan fingerprint density at radius 2 is 1.44 bits per heavy atom. The number of carbonyl (C=O) groups excluding carboxylic acids is 2. The van der Waals surface area contributed by atoms with Crippen LogP contribution in [0, 0.1) is 11.3 Å². The number of hydrogen-bond acceptors (Lipinski definition) is 9. The molecule has 9 nitrogen and oxygen atoms in total. The molecular weight excluding hydrogens is 576 g/mol. The lowest BCUT2D eigenvalue weighted by atomic mass is 9.46. The van der Waals surface area contributed by atoms with E-state index >= 15 is 0 Å². The summed E-state index contributed by atoms with van der Waals surface area (Å²) in [4.78, 5) is 25.5. The highest BCUT2D eigenvalue weighted by molar-refractivity contribution is 5.67. The van der Waals surface area contributed by atoms with E-state index in [0.717, 1.165) is 11.1 Å². The number of hydrogen-bond donors (Lipinski definition) is 1. The Kier molecular flexibility index (Phi) is 9.21. The van der Waals surface area contributed by atoms with Crippen molar-refractivity contribution in [3.63, 3.8) is 0 Å². The fourth-order valence-electron chi connectivity index (χ4n) is 8.18. The minimum atomic E-state index is -1.54. The maximum Gasteiger partial charge on any atom is 0.303 e. The van der Waals surface area contributed by atoms with E-state index < -0.39 is 64.5 Å². The molecule has 8 atom stereocenters. The molecule has 1 N–H and O–H groups in total. The van der Waals surface area contributed by atoms with Crippen LogP contribution >= 0.6 is 0 Å². The van der Waals surface area contributed by atoms with Crippen molar-refractivity contribution in [3.8, 4) is 0 Å². The monoisotopic (exact) mass is 622 g/mol. The molecule has 0 aromatic heterocycles. The first kappa shape index (κ1) is 33.1. The van der Waals surface area contributed by atoms with Crippen LogP contribution in [0.25, 0.3) is 0 Å². The van der Waals surface area contributed by atoms with Gasteiger partial charge in [0, 0.05) is 13.8 Å². The van der Waals surface area contributed by atoms with Gasteiger partial charge in [0.1, 0.15) is 30.5 Å². The average molecular weight is 623 g/mol. The quantitative estimate of drug-likeness (QED) is 0.264. The average Bonchev–Trinajstić information content (AvgIpc) is 3.17. The van der Waals surface area contributed by atoms with Gasteiger partial charge in [-0.25, -0.2) is 0 Å². The second-order valence-electron chi connectivity index (χ2n) is 13.4. The van der Waals surface area contributed by atoms with Gasteiger partial charge < -0.3 is 33.5 Å². The molecule has 5 rings (SSSR count). The highest BCUT2D eigenvalue weighted by atomic mass is 16.6. The molecule has 3 aliphatic rings. The summed E-state index contributed by atoms with van der Waals surface area (Å²) >= 11 is 0. The number of benzene rings is 2. The molecule has 3 fully saturated rings. The van der Waals surface area contributed by atoms with Crippen LogP contribution in [0.15, 0.2) is 73.0 Å². The fraction of sp³-hybridized carbons (Fsp3) is 0.556. The van der Waals surface area contributed by atoms with Gasteiger partial charge in [-0.1, -0.05) is 67.2 Å². The number of rotatable bonds is 11. The molecule has 2 aliphatic carbocycles. The predicted octanol–water partition coefficient (Wildman–Crippen LogP) is 5.28. The van der Waals surface area contributed by atoms with Crippen molar-refractivity contribution in [1.82, 2.24) is 0 Å². The molecule has 1 spiro atoms. The standard InChI is InChI=1S/C36H46O9/c1-23(2)43-31-29-30(44-25(4)38)32(41-21-27-16-12-9-13-17-27)35(22-42-24(3)37)28(40-20-26-14-10-8-11-15-26)18-19-34(7,39)36(31,35)45-33(29,5)6/h8-17,28-32,39H,1,18-22H2,2-7H3. The van der Waals surface area contributed by atoms with Gasteiger partial charge in [-0.3, -0.25) is 9.59 Å². The van der Waals surface area contributed by atoms with Crippen LogP contribution in [0.4, 0.5) is 0 Å². The van der Waals surface area contributed by atoms with Crippen molar-refractivity contribution in [2.45, 2.75) is 109 Å². The third kappa shape index (κ3) is 5.80. The molecule has 2 saturated carbocycles. The zero-order valence-electron chi connectivity index (χ0n) is 27.1. The van der Waals surface area contributed by atoms with Crippen molar-refractivity contribution in [3.05, 3.63) is 84.1 Å². The lowest BCUT2D eigenvalue weighted by Crippen LogP contribution is -2.83. The van der Waals surface area contributed by atoms with E-state index in [1.54, 1.807) is 13.8 Å². The van der Waals surface area contributed by atoms with Crippen LogP contribution in [0.1, 0.15) is 65.5 Å². The van der Waals surface area contributed by atoms with Crippen LogP contribution in [0.5, 0.6) is 0 Å². The van der Waals surface area contributed by atoms with Gasteiger partial charge in [-0.2, -0.15) is 0 Å². The maximum absolute atomic E-state index is 12.9. The minimum absolute atomic E-state index is 0.161. The summed E-state index contributed by atoms with van der Waals surface area (Å²) in [6, 6.07) is 19.4. The highest BCUT2D eigenvalue weighted by Gasteiger charge is 2.86. The Hall–Kier alpha value is -3.24. The fourth-order valence-corrected chi connectivity index (χ4v) is 8.18. The molecule has 1 heterocycles. The second-order valence-corrected chi connectivity index (χ2v) is 13.4. The SMILES string of the molecule is C=C(C)OC1C2C(OC(C)=O)C(OCc3ccccc3)C3(COC(C)=O)C(OCc4ccccc4)CCC(C)(O)C13OC2(C)C. The smallest absolute Gasteiger partial charge is 0.303 e. The molecule has 1 aliphatic heterocycles. The van der Waals surface area contributed by atoms with Crippen molar-refractivity contribution < 1.29 is 43.1 Å². The summed E-state index contributed by atoms with van der Waals surface area (Å²) in [5, 5.41) is 12.6. The van der Waals surface area contributed by atoms with E-state index in [0.29, 0.717) is 18.6 Å². The predicted molar refractivity (Wildman–Crippen MR) is 166 cm³/mol. The third-order valence-electron chi connectivity index (χ3n) is 9.78. The van der Waals surface area contributed by atoms with Gasteiger partial charge in [0.05, 0.1) is 47.6 Å². The Morgan fingerprint density at radius 3 is 1.98 bits per heavy atom. The molecule has 2 aromatic rings. The Labute approximate surface area is 265 Å². The van der Waals surface area contributed by atoms with Gasteiger partial charge in [0.15, 0.2) is 0 Å². The van der Waals surface area contributed by atoms with E-state index in [4.69, 9.17) is 28.4 Å². The van der Waals surface area contributed by atoms with Crippen LogP contribution in [0.2, 0.25) is 0 Å². The van der Waals surface area contributed by atoms with E-state index in [2.05, 4.69) is 6.58 Å². The lowest BCUT2D eigenvalue weighted by molar-refractivity contribution is -0.360. The summed E-state index contributed by atoms with van der Waals surface area (Å²) in [5.41, 5.74) is -3.61. The third-order valence-corrected chi connectivity index (χ3v) is 9.78. The topological polar surface area (TPSA) is 110 Å². The molecule has 9 heteroatoms. The van der Waals surface area contributed by atoms with E-state index in [1.165, 1.54) is 13.8 Å². The van der Waals surface area contributed by atoms with Gasteiger partial charge >= 0.3 is 11.9 Å². The zero-order chi connectivity index (χ0) is 32.6. The first-order valence-corrected chi connectivity index (χ1v) is 15.6. The van der Waals surface area contributed by atoms with Gasteiger partial charge in [-0.15, -0.1) is 0 Å². The molecule has 8 unspecified atom stereocenters. The molecule has 0 amide bonds. The molecular formula is C36H46O9. The van der Waals surface area contributed by atoms with E-state index in [-0.39, 0.29) is 19.8 Å². The van der Waals surface area contributed by atoms with Crippen LogP contribution in [0.3, 0.4) is 0 Å². The van der Waals surface area contributed by atoms with Crippen molar-refractivity contribution in [2.75, 3.05) is 6.61 Å². The normalized spacial score (nSPS) is 34.8. The van der Waals surface area contributed by atoms with Crippen LogP contribution in [-0.4, -0.2) is 64.9 Å². The lowest BCUT2D eigenvalue weighted by Gasteiger charge is -2.66.